The standard InChI is InChI=1S/C12H23F3N2/c1-9(2)6-11-8-17(10(3)7-16-11)5-4-12(13,14)15/h9-11,16H,4-8H2,1-3H3. The molecule has 1 fully saturated rings. The van der Waals surface area contributed by atoms with Crippen LogP contribution >= 0.6 is 0 Å². The van der Waals surface area contributed by atoms with E-state index in [0.717, 1.165) is 19.5 Å². The summed E-state index contributed by atoms with van der Waals surface area (Å²) < 4.78 is 36.6. The summed E-state index contributed by atoms with van der Waals surface area (Å²) in [5.74, 6) is 0.574. The maximum absolute atomic E-state index is 12.2. The van der Waals surface area contributed by atoms with E-state index >= 15 is 0 Å². The number of hydrogen-bond acceptors (Lipinski definition) is 2. The van der Waals surface area contributed by atoms with Gasteiger partial charge >= 0.3 is 6.18 Å². The molecule has 1 rings (SSSR count). The number of alkyl halides is 3. The van der Waals surface area contributed by atoms with Crippen molar-refractivity contribution in [2.24, 2.45) is 5.92 Å². The highest BCUT2D eigenvalue weighted by Crippen LogP contribution is 2.21. The molecule has 1 N–H and O–H groups in total. The molecule has 0 aromatic carbocycles. The van der Waals surface area contributed by atoms with Gasteiger partial charge in [0.2, 0.25) is 0 Å². The van der Waals surface area contributed by atoms with Crippen LogP contribution in [0.5, 0.6) is 0 Å². The fourth-order valence-corrected chi connectivity index (χ4v) is 2.30. The molecular formula is C12H23F3N2. The Kier molecular flexibility index (Phi) is 5.25. The minimum absolute atomic E-state index is 0.126. The first-order valence-corrected chi connectivity index (χ1v) is 6.32. The highest BCUT2D eigenvalue weighted by molar-refractivity contribution is 4.84. The van der Waals surface area contributed by atoms with E-state index in [-0.39, 0.29) is 12.6 Å². The van der Waals surface area contributed by atoms with Crippen LogP contribution in [0.1, 0.15) is 33.6 Å². The topological polar surface area (TPSA) is 15.3 Å². The molecule has 0 spiro atoms. The van der Waals surface area contributed by atoms with Crippen LogP contribution in [-0.4, -0.2) is 42.8 Å². The maximum atomic E-state index is 12.2. The average Bonchev–Trinajstić information content (AvgIpc) is 2.17. The lowest BCUT2D eigenvalue weighted by atomic mass is 10.00. The summed E-state index contributed by atoms with van der Waals surface area (Å²) in [6.45, 7) is 7.90. The summed E-state index contributed by atoms with van der Waals surface area (Å²) in [4.78, 5) is 1.96. The molecule has 0 aromatic heterocycles. The molecule has 2 atom stereocenters. The van der Waals surface area contributed by atoms with Gasteiger partial charge < -0.3 is 5.32 Å². The van der Waals surface area contributed by atoms with Gasteiger partial charge in [0.25, 0.3) is 0 Å². The van der Waals surface area contributed by atoms with Crippen LogP contribution in [-0.2, 0) is 0 Å². The van der Waals surface area contributed by atoms with Crippen LogP contribution in [0.2, 0.25) is 0 Å². The van der Waals surface area contributed by atoms with E-state index in [1.165, 1.54) is 0 Å². The van der Waals surface area contributed by atoms with E-state index in [2.05, 4.69) is 19.2 Å². The number of halogens is 3. The predicted octanol–water partition coefficient (Wildman–Crippen LogP) is 2.65. The maximum Gasteiger partial charge on any atom is 0.390 e. The zero-order valence-electron chi connectivity index (χ0n) is 10.8. The number of rotatable bonds is 4. The van der Waals surface area contributed by atoms with Crippen molar-refractivity contribution in [1.29, 1.82) is 0 Å². The summed E-state index contributed by atoms with van der Waals surface area (Å²) >= 11 is 0. The van der Waals surface area contributed by atoms with Gasteiger partial charge in [-0.05, 0) is 19.3 Å². The molecule has 5 heteroatoms. The normalized spacial score (nSPS) is 27.7. The molecule has 1 saturated heterocycles. The molecule has 1 heterocycles. The first-order chi connectivity index (χ1) is 7.78. The minimum Gasteiger partial charge on any atom is -0.311 e. The lowest BCUT2D eigenvalue weighted by molar-refractivity contribution is -0.139. The zero-order chi connectivity index (χ0) is 13.1. The monoisotopic (exact) mass is 252 g/mol. The summed E-state index contributed by atoms with van der Waals surface area (Å²) in [5.41, 5.74) is 0. The van der Waals surface area contributed by atoms with E-state index in [0.29, 0.717) is 12.0 Å². The fraction of sp³-hybridized carbons (Fsp3) is 1.00. The van der Waals surface area contributed by atoms with Crippen molar-refractivity contribution in [3.05, 3.63) is 0 Å². The smallest absolute Gasteiger partial charge is 0.311 e. The Balaban J connectivity index is 2.40. The van der Waals surface area contributed by atoms with Crippen LogP contribution in [0.15, 0.2) is 0 Å². The fourth-order valence-electron chi connectivity index (χ4n) is 2.30. The van der Waals surface area contributed by atoms with E-state index in [1.807, 2.05) is 11.8 Å². The van der Waals surface area contributed by atoms with Crippen molar-refractivity contribution in [3.8, 4) is 0 Å². The van der Waals surface area contributed by atoms with E-state index < -0.39 is 12.6 Å². The largest absolute Gasteiger partial charge is 0.390 e. The second-order valence-electron chi connectivity index (χ2n) is 5.44. The summed E-state index contributed by atoms with van der Waals surface area (Å²) in [6, 6.07) is 0.528. The van der Waals surface area contributed by atoms with Gasteiger partial charge in [-0.25, -0.2) is 0 Å². The third kappa shape index (κ3) is 5.73. The number of piperazine rings is 1. The first-order valence-electron chi connectivity index (χ1n) is 6.32. The van der Waals surface area contributed by atoms with Crippen LogP contribution < -0.4 is 5.32 Å². The molecule has 0 aliphatic carbocycles. The van der Waals surface area contributed by atoms with E-state index in [1.54, 1.807) is 0 Å². The quantitative estimate of drug-likeness (QED) is 0.827. The van der Waals surface area contributed by atoms with Gasteiger partial charge in [-0.3, -0.25) is 4.90 Å². The van der Waals surface area contributed by atoms with Crippen molar-refractivity contribution in [3.63, 3.8) is 0 Å². The van der Waals surface area contributed by atoms with Crippen LogP contribution in [0.3, 0.4) is 0 Å². The summed E-state index contributed by atoms with van der Waals surface area (Å²) in [6.07, 6.45) is -3.72. The minimum atomic E-state index is -4.04. The highest BCUT2D eigenvalue weighted by atomic mass is 19.4. The molecule has 0 saturated carbocycles. The van der Waals surface area contributed by atoms with Gasteiger partial charge in [-0.2, -0.15) is 13.2 Å². The Morgan fingerprint density at radius 1 is 1.35 bits per heavy atom. The van der Waals surface area contributed by atoms with Crippen molar-refractivity contribution in [2.45, 2.75) is 51.9 Å². The lowest BCUT2D eigenvalue weighted by Crippen LogP contribution is -2.56. The Labute approximate surface area is 102 Å². The van der Waals surface area contributed by atoms with Crippen molar-refractivity contribution in [2.75, 3.05) is 19.6 Å². The van der Waals surface area contributed by atoms with Gasteiger partial charge in [0, 0.05) is 31.7 Å². The Morgan fingerprint density at radius 2 is 2.00 bits per heavy atom. The third-order valence-electron chi connectivity index (χ3n) is 3.22. The molecule has 17 heavy (non-hydrogen) atoms. The number of hydrogen-bond donors (Lipinski definition) is 1. The van der Waals surface area contributed by atoms with Crippen molar-refractivity contribution >= 4 is 0 Å². The highest BCUT2D eigenvalue weighted by Gasteiger charge is 2.31. The van der Waals surface area contributed by atoms with Gasteiger partial charge in [0.15, 0.2) is 0 Å². The molecule has 2 unspecified atom stereocenters. The van der Waals surface area contributed by atoms with E-state index in [9.17, 15) is 13.2 Å². The molecule has 1 aliphatic rings. The first kappa shape index (κ1) is 14.8. The van der Waals surface area contributed by atoms with E-state index in [4.69, 9.17) is 0 Å². The van der Waals surface area contributed by atoms with Crippen LogP contribution in [0, 0.1) is 5.92 Å². The molecule has 0 aromatic rings. The molecule has 102 valence electrons. The molecule has 1 aliphatic heterocycles. The van der Waals surface area contributed by atoms with Crippen LogP contribution in [0.4, 0.5) is 13.2 Å². The lowest BCUT2D eigenvalue weighted by Gasteiger charge is -2.39. The molecule has 2 nitrogen and oxygen atoms in total. The molecular weight excluding hydrogens is 229 g/mol. The van der Waals surface area contributed by atoms with Gasteiger partial charge in [0.05, 0.1) is 6.42 Å². The van der Waals surface area contributed by atoms with Gasteiger partial charge in [0.1, 0.15) is 0 Å². The Hall–Kier alpha value is -0.290. The molecule has 0 amide bonds. The summed E-state index contributed by atoms with van der Waals surface area (Å²) in [7, 11) is 0. The number of nitrogens with one attached hydrogen (secondary N) is 1. The van der Waals surface area contributed by atoms with Crippen LogP contribution in [0.25, 0.3) is 0 Å². The molecule has 0 radical (unpaired) electrons. The predicted molar refractivity (Wildman–Crippen MR) is 63.0 cm³/mol. The van der Waals surface area contributed by atoms with Gasteiger partial charge in [-0.15, -0.1) is 0 Å². The second kappa shape index (κ2) is 6.05. The van der Waals surface area contributed by atoms with Gasteiger partial charge in [-0.1, -0.05) is 13.8 Å². The summed E-state index contributed by atoms with van der Waals surface area (Å²) in [5, 5.41) is 3.40. The van der Waals surface area contributed by atoms with Crippen molar-refractivity contribution in [1.82, 2.24) is 10.2 Å². The Bertz CT molecular complexity index is 228. The third-order valence-corrected chi connectivity index (χ3v) is 3.22. The zero-order valence-corrected chi connectivity index (χ0v) is 10.8. The SMILES string of the molecule is CC(C)CC1CN(CCC(F)(F)F)C(C)CN1. The second-order valence-corrected chi connectivity index (χ2v) is 5.44. The Morgan fingerprint density at radius 3 is 2.53 bits per heavy atom. The van der Waals surface area contributed by atoms with Crippen molar-refractivity contribution < 1.29 is 13.2 Å². The number of nitrogens with zero attached hydrogens (tertiary/aromatic N) is 1. The average molecular weight is 252 g/mol. The molecule has 0 bridgehead atoms.